The Morgan fingerprint density at radius 3 is 2.87 bits per heavy atom. The van der Waals surface area contributed by atoms with Gasteiger partial charge in [0.15, 0.2) is 11.5 Å². The van der Waals surface area contributed by atoms with Gasteiger partial charge in [0.2, 0.25) is 0 Å². The molecule has 4 rings (SSSR count). The smallest absolute Gasteiger partial charge is 0.154 e. The van der Waals surface area contributed by atoms with Crippen LogP contribution in [0.2, 0.25) is 5.02 Å². The third kappa shape index (κ3) is 4.18. The number of nitrogens with zero attached hydrogens (tertiary/aromatic N) is 3. The van der Waals surface area contributed by atoms with Crippen molar-refractivity contribution >= 4 is 57.1 Å². The normalized spacial score (nSPS) is 18.5. The number of fused-ring (bicyclic) bond motifs is 1. The molecule has 0 bridgehead atoms. The minimum absolute atomic E-state index is 0.314. The minimum atomic E-state index is -0.524. The molecule has 6 nitrogen and oxygen atoms in total. The first-order valence-corrected chi connectivity index (χ1v) is 11.0. The first-order chi connectivity index (χ1) is 14.8. The van der Waals surface area contributed by atoms with E-state index < -0.39 is 11.4 Å². The van der Waals surface area contributed by atoms with Crippen LogP contribution < -0.4 is 16.2 Å². The van der Waals surface area contributed by atoms with E-state index >= 15 is 0 Å². The summed E-state index contributed by atoms with van der Waals surface area (Å²) in [7, 11) is 1.68. The van der Waals surface area contributed by atoms with Crippen LogP contribution in [0.4, 0.5) is 15.8 Å². The molecule has 0 spiro atoms. The van der Waals surface area contributed by atoms with Crippen molar-refractivity contribution in [2.45, 2.75) is 18.9 Å². The Hall–Kier alpha value is -2.84. The van der Waals surface area contributed by atoms with E-state index in [-0.39, 0.29) is 0 Å². The predicted molar refractivity (Wildman–Crippen MR) is 127 cm³/mol. The Kier molecular flexibility index (Phi) is 5.77. The predicted octanol–water partition coefficient (Wildman–Crippen LogP) is 4.97. The second-order valence-electron chi connectivity index (χ2n) is 7.53. The number of nitrogens with two attached hydrogens (primary N) is 1. The van der Waals surface area contributed by atoms with Crippen molar-refractivity contribution in [3.05, 3.63) is 64.6 Å². The van der Waals surface area contributed by atoms with E-state index in [1.165, 1.54) is 29.0 Å². The van der Waals surface area contributed by atoms with Crippen molar-refractivity contribution in [1.82, 2.24) is 4.98 Å². The van der Waals surface area contributed by atoms with E-state index in [1.54, 1.807) is 37.4 Å². The lowest BCUT2D eigenvalue weighted by Crippen LogP contribution is -2.30. The number of thioether (sulfide) groups is 1. The topological polar surface area (TPSA) is 83.6 Å². The Morgan fingerprint density at radius 1 is 1.32 bits per heavy atom. The zero-order chi connectivity index (χ0) is 22.2. The Bertz CT molecular complexity index is 1200. The molecule has 0 amide bonds. The van der Waals surface area contributed by atoms with Crippen LogP contribution in [0.1, 0.15) is 29.3 Å². The fourth-order valence-electron chi connectivity index (χ4n) is 3.62. The number of aliphatic imine (C=N–C) groups is 1. The van der Waals surface area contributed by atoms with Crippen molar-refractivity contribution in [3.8, 4) is 0 Å². The lowest BCUT2D eigenvalue weighted by Gasteiger charge is -2.31. The van der Waals surface area contributed by atoms with Gasteiger partial charge in [-0.3, -0.25) is 25.2 Å². The van der Waals surface area contributed by atoms with Crippen molar-refractivity contribution in [2.75, 3.05) is 23.2 Å². The maximum atomic E-state index is 14.8. The first kappa shape index (κ1) is 21.4. The number of amidine groups is 1. The van der Waals surface area contributed by atoms with Crippen molar-refractivity contribution in [1.29, 1.82) is 0 Å². The summed E-state index contributed by atoms with van der Waals surface area (Å²) in [5.74, 6) is 0.438. The molecule has 1 aromatic heterocycles. The zero-order valence-electron chi connectivity index (χ0n) is 17.0. The molecule has 2 heterocycles. The summed E-state index contributed by atoms with van der Waals surface area (Å²) >= 11 is 7.67. The molecule has 0 saturated carbocycles. The number of halogens is 2. The fourth-order valence-corrected chi connectivity index (χ4v) is 4.77. The highest BCUT2D eigenvalue weighted by Crippen LogP contribution is 2.37. The summed E-state index contributed by atoms with van der Waals surface area (Å²) in [6.07, 6.45) is 2.97. The highest BCUT2D eigenvalue weighted by atomic mass is 35.5. The summed E-state index contributed by atoms with van der Waals surface area (Å²) < 4.78 is 14.8. The monoisotopic (exact) mass is 457 g/mol. The summed E-state index contributed by atoms with van der Waals surface area (Å²) in [6, 6.07) is 10.1. The second-order valence-corrected chi connectivity index (χ2v) is 9.08. The molecule has 2 aromatic carbocycles. The number of benzene rings is 2. The van der Waals surface area contributed by atoms with Gasteiger partial charge in [0, 0.05) is 29.4 Å². The molecular formula is C22H21ClFN5OS. The number of hydrazine groups is 1. The standard InChI is InChI=1S/C22H21ClFN5OS/c1-22(7-8-31-21(25)27-22)14-3-5-17(24)19(9-14)29(2)28-20-13(12-30)11-26-18-6-4-15(23)10-16(18)20/h3-6,9-12H,7-8H2,1-2H3,(H2,25,27)(H,26,28). The summed E-state index contributed by atoms with van der Waals surface area (Å²) in [4.78, 5) is 20.5. The van der Waals surface area contributed by atoms with Crippen LogP contribution in [-0.2, 0) is 5.54 Å². The Morgan fingerprint density at radius 2 is 2.13 bits per heavy atom. The van der Waals surface area contributed by atoms with Crippen LogP contribution in [0.15, 0.2) is 47.6 Å². The highest BCUT2D eigenvalue weighted by molar-refractivity contribution is 8.13. The zero-order valence-corrected chi connectivity index (χ0v) is 18.6. The fraction of sp³-hybridized carbons (Fsp3) is 0.227. The number of hydrogen-bond acceptors (Lipinski definition) is 7. The molecule has 31 heavy (non-hydrogen) atoms. The molecule has 1 unspecified atom stereocenters. The molecule has 0 fully saturated rings. The maximum absolute atomic E-state index is 14.8. The third-order valence-electron chi connectivity index (χ3n) is 5.39. The number of anilines is 2. The summed E-state index contributed by atoms with van der Waals surface area (Å²) in [6.45, 7) is 1.99. The Balaban J connectivity index is 1.75. The van der Waals surface area contributed by atoms with Gasteiger partial charge in [0.25, 0.3) is 0 Å². The van der Waals surface area contributed by atoms with E-state index in [2.05, 4.69) is 15.4 Å². The number of aromatic nitrogens is 1. The van der Waals surface area contributed by atoms with E-state index in [0.717, 1.165) is 17.7 Å². The van der Waals surface area contributed by atoms with Gasteiger partial charge in [-0.25, -0.2) is 4.39 Å². The Labute approximate surface area is 188 Å². The van der Waals surface area contributed by atoms with Crippen LogP contribution in [0.5, 0.6) is 0 Å². The molecule has 9 heteroatoms. The van der Waals surface area contributed by atoms with Crippen LogP contribution in [-0.4, -0.2) is 29.2 Å². The highest BCUT2D eigenvalue weighted by Gasteiger charge is 2.30. The number of aldehydes is 1. The van der Waals surface area contributed by atoms with Gasteiger partial charge in [0.1, 0.15) is 5.82 Å². The minimum Gasteiger partial charge on any atom is -0.379 e. The average Bonchev–Trinajstić information content (AvgIpc) is 2.74. The molecular weight excluding hydrogens is 437 g/mol. The van der Waals surface area contributed by atoms with E-state index in [4.69, 9.17) is 17.3 Å². The second kappa shape index (κ2) is 8.36. The van der Waals surface area contributed by atoms with Crippen LogP contribution >= 0.6 is 23.4 Å². The molecule has 0 radical (unpaired) electrons. The molecule has 160 valence electrons. The number of nitrogens with one attached hydrogen (secondary N) is 1. The first-order valence-electron chi connectivity index (χ1n) is 9.63. The quantitative estimate of drug-likeness (QED) is 0.415. The van der Waals surface area contributed by atoms with Crippen LogP contribution in [0, 0.1) is 5.82 Å². The molecule has 1 atom stereocenters. The number of pyridine rings is 1. The van der Waals surface area contributed by atoms with Crippen molar-refractivity contribution in [3.63, 3.8) is 0 Å². The van der Waals surface area contributed by atoms with Crippen molar-refractivity contribution in [2.24, 2.45) is 10.7 Å². The van der Waals surface area contributed by atoms with Crippen LogP contribution in [0.3, 0.4) is 0 Å². The summed E-state index contributed by atoms with van der Waals surface area (Å²) in [5, 5.41) is 3.24. The van der Waals surface area contributed by atoms with Gasteiger partial charge < -0.3 is 5.73 Å². The van der Waals surface area contributed by atoms with E-state index in [1.807, 2.05) is 6.92 Å². The molecule has 3 N–H and O–H groups in total. The number of hydrogen-bond donors (Lipinski definition) is 2. The molecule has 1 aliphatic heterocycles. The molecule has 3 aromatic rings. The van der Waals surface area contributed by atoms with Gasteiger partial charge in [-0.15, -0.1) is 0 Å². The van der Waals surface area contributed by atoms with Gasteiger partial charge in [-0.1, -0.05) is 29.4 Å². The molecule has 0 aliphatic carbocycles. The van der Waals surface area contributed by atoms with Gasteiger partial charge >= 0.3 is 0 Å². The third-order valence-corrected chi connectivity index (χ3v) is 6.42. The summed E-state index contributed by atoms with van der Waals surface area (Å²) in [5.41, 5.74) is 11.2. The SMILES string of the molecule is CN(Nc1c(C=O)cnc2ccc(Cl)cc12)c1cc(C2(C)CCSC(N)=N2)ccc1F. The van der Waals surface area contributed by atoms with Crippen molar-refractivity contribution < 1.29 is 9.18 Å². The number of carbonyl (C=O) groups is 1. The molecule has 1 aliphatic rings. The lowest BCUT2D eigenvalue weighted by molar-refractivity contribution is 0.112. The van der Waals surface area contributed by atoms with Gasteiger partial charge in [-0.2, -0.15) is 0 Å². The van der Waals surface area contributed by atoms with Crippen LogP contribution in [0.25, 0.3) is 10.9 Å². The van der Waals surface area contributed by atoms with E-state index in [0.29, 0.717) is 44.3 Å². The maximum Gasteiger partial charge on any atom is 0.154 e. The largest absolute Gasteiger partial charge is 0.379 e. The lowest BCUT2D eigenvalue weighted by atomic mass is 9.89. The number of rotatable bonds is 5. The number of carbonyl (C=O) groups excluding carboxylic acids is 1. The average molecular weight is 458 g/mol. The molecule has 0 saturated heterocycles. The van der Waals surface area contributed by atoms with E-state index in [9.17, 15) is 9.18 Å². The van der Waals surface area contributed by atoms with Gasteiger partial charge in [-0.05, 0) is 49.2 Å². The van der Waals surface area contributed by atoms with Gasteiger partial charge in [0.05, 0.1) is 28.0 Å².